The van der Waals surface area contributed by atoms with Crippen LogP contribution in [0.25, 0.3) is 0 Å². The summed E-state index contributed by atoms with van der Waals surface area (Å²) in [5.74, 6) is -0.610. The second-order valence-corrected chi connectivity index (χ2v) is 9.99. The number of halogens is 2. The van der Waals surface area contributed by atoms with Crippen molar-refractivity contribution in [2.24, 2.45) is 5.92 Å². The van der Waals surface area contributed by atoms with Crippen molar-refractivity contribution in [1.82, 2.24) is 9.80 Å². The zero-order chi connectivity index (χ0) is 23.5. The average Bonchev–Trinajstić information content (AvgIpc) is 2.76. The molecule has 32 heavy (non-hydrogen) atoms. The molecule has 1 aliphatic heterocycles. The Labute approximate surface area is 192 Å². The Hall–Kier alpha value is -2.67. The highest BCUT2D eigenvalue weighted by atomic mass is 35.5. The first-order valence-electron chi connectivity index (χ1n) is 10.1. The third-order valence-electron chi connectivity index (χ3n) is 5.34. The lowest BCUT2D eigenvalue weighted by atomic mass is 10.0. The Morgan fingerprint density at radius 2 is 1.75 bits per heavy atom. The molecule has 1 N–H and O–H groups in total. The number of anilines is 1. The number of nitrogens with zero attached hydrogens (tertiary/aromatic N) is 3. The summed E-state index contributed by atoms with van der Waals surface area (Å²) in [5, 5.41) is 9.52. The molecule has 1 aliphatic rings. The van der Waals surface area contributed by atoms with Crippen LogP contribution < -0.4 is 4.72 Å². The number of sulfonamides is 1. The first kappa shape index (κ1) is 24.0. The van der Waals surface area contributed by atoms with Crippen LogP contribution in [0.1, 0.15) is 24.2 Å². The van der Waals surface area contributed by atoms with Crippen molar-refractivity contribution in [1.29, 1.82) is 5.26 Å². The van der Waals surface area contributed by atoms with Gasteiger partial charge in [-0.2, -0.15) is 5.26 Å². The molecule has 0 bridgehead atoms. The largest absolute Gasteiger partial charge is 0.336 e. The number of hydrogen-bond acceptors (Lipinski definition) is 5. The van der Waals surface area contributed by atoms with Crippen molar-refractivity contribution in [3.63, 3.8) is 0 Å². The third kappa shape index (κ3) is 5.38. The minimum absolute atomic E-state index is 0.0600. The summed E-state index contributed by atoms with van der Waals surface area (Å²) < 4.78 is 40.7. The molecule has 2 aromatic rings. The molecule has 1 amide bonds. The van der Waals surface area contributed by atoms with E-state index in [0.717, 1.165) is 24.3 Å². The highest BCUT2D eigenvalue weighted by Crippen LogP contribution is 2.27. The highest BCUT2D eigenvalue weighted by molar-refractivity contribution is 7.92. The van der Waals surface area contributed by atoms with E-state index in [1.165, 1.54) is 12.1 Å². The lowest BCUT2D eigenvalue weighted by Gasteiger charge is -2.38. The summed E-state index contributed by atoms with van der Waals surface area (Å²) in [6, 6.07) is 10.9. The van der Waals surface area contributed by atoms with Crippen LogP contribution >= 0.6 is 11.6 Å². The van der Waals surface area contributed by atoms with E-state index in [1.54, 1.807) is 11.0 Å². The minimum atomic E-state index is -4.01. The van der Waals surface area contributed by atoms with Gasteiger partial charge in [-0.25, -0.2) is 12.8 Å². The molecule has 3 rings (SSSR count). The van der Waals surface area contributed by atoms with Crippen molar-refractivity contribution >= 4 is 33.2 Å². The zero-order valence-corrected chi connectivity index (χ0v) is 19.3. The number of amides is 1. The molecule has 0 aromatic heterocycles. The molecular formula is C22H24ClFN4O3S. The summed E-state index contributed by atoms with van der Waals surface area (Å²) >= 11 is 6.16. The Morgan fingerprint density at radius 3 is 2.31 bits per heavy atom. The molecule has 10 heteroatoms. The fraction of sp³-hybridized carbons (Fsp3) is 0.364. The lowest BCUT2D eigenvalue weighted by Crippen LogP contribution is -2.52. The van der Waals surface area contributed by atoms with Crippen LogP contribution in [-0.2, 0) is 10.0 Å². The summed E-state index contributed by atoms with van der Waals surface area (Å²) in [4.78, 5) is 16.6. The minimum Gasteiger partial charge on any atom is -0.336 e. The number of nitriles is 1. The quantitative estimate of drug-likeness (QED) is 0.684. The molecule has 0 saturated carbocycles. The topological polar surface area (TPSA) is 93.5 Å². The molecule has 1 fully saturated rings. The normalized spacial score (nSPS) is 15.9. The fourth-order valence-electron chi connectivity index (χ4n) is 3.59. The molecule has 0 radical (unpaired) electrons. The predicted molar refractivity (Wildman–Crippen MR) is 120 cm³/mol. The third-order valence-corrected chi connectivity index (χ3v) is 7.05. The van der Waals surface area contributed by atoms with E-state index >= 15 is 0 Å². The number of benzene rings is 2. The summed E-state index contributed by atoms with van der Waals surface area (Å²) in [7, 11) is -4.01. The van der Waals surface area contributed by atoms with Gasteiger partial charge in [0.05, 0.1) is 21.7 Å². The van der Waals surface area contributed by atoms with Gasteiger partial charge < -0.3 is 4.90 Å². The van der Waals surface area contributed by atoms with Crippen molar-refractivity contribution in [3.8, 4) is 6.07 Å². The molecule has 1 saturated heterocycles. The molecule has 2 aromatic carbocycles. The van der Waals surface area contributed by atoms with E-state index in [1.807, 2.05) is 13.8 Å². The number of carbonyl (C=O) groups is 1. The van der Waals surface area contributed by atoms with Gasteiger partial charge in [0, 0.05) is 31.7 Å². The Bertz CT molecular complexity index is 1120. The highest BCUT2D eigenvalue weighted by Gasteiger charge is 2.28. The number of rotatable bonds is 6. The first-order chi connectivity index (χ1) is 15.1. The zero-order valence-electron chi connectivity index (χ0n) is 17.8. The fourth-order valence-corrected chi connectivity index (χ4v) is 4.88. The second kappa shape index (κ2) is 9.86. The van der Waals surface area contributed by atoms with E-state index in [0.29, 0.717) is 31.7 Å². The standard InChI is InChI=1S/C22H24ClFN4O3S/c1-15(2)21(14-25)27-9-11-28(12-10-27)22(29)16-3-8-19(23)20(13-16)26-32(30,31)18-6-4-17(24)5-7-18/h3-8,13,15,21,26H,9-12H2,1-2H3. The predicted octanol–water partition coefficient (Wildman–Crippen LogP) is 3.59. The van der Waals surface area contributed by atoms with Crippen molar-refractivity contribution in [2.75, 3.05) is 30.9 Å². The van der Waals surface area contributed by atoms with Crippen molar-refractivity contribution in [3.05, 3.63) is 58.9 Å². The molecule has 0 aliphatic carbocycles. The van der Waals surface area contributed by atoms with Crippen molar-refractivity contribution < 1.29 is 17.6 Å². The Balaban J connectivity index is 1.74. The number of nitrogens with one attached hydrogen (secondary N) is 1. The van der Waals surface area contributed by atoms with Crippen LogP contribution in [-0.4, -0.2) is 56.3 Å². The van der Waals surface area contributed by atoms with Crippen LogP contribution in [0.2, 0.25) is 5.02 Å². The first-order valence-corrected chi connectivity index (χ1v) is 12.0. The van der Waals surface area contributed by atoms with E-state index in [2.05, 4.69) is 15.7 Å². The molecule has 1 heterocycles. The van der Waals surface area contributed by atoms with Crippen LogP contribution in [0.3, 0.4) is 0 Å². The number of piperazine rings is 1. The monoisotopic (exact) mass is 478 g/mol. The molecular weight excluding hydrogens is 455 g/mol. The van der Waals surface area contributed by atoms with Crippen LogP contribution in [0.5, 0.6) is 0 Å². The molecule has 1 unspecified atom stereocenters. The van der Waals surface area contributed by atoms with Gasteiger partial charge in [-0.1, -0.05) is 25.4 Å². The van der Waals surface area contributed by atoms with Crippen LogP contribution in [0, 0.1) is 23.1 Å². The van der Waals surface area contributed by atoms with E-state index in [-0.39, 0.29) is 33.5 Å². The summed E-state index contributed by atoms with van der Waals surface area (Å²) in [6.07, 6.45) is 0. The van der Waals surface area contributed by atoms with Gasteiger partial charge in [-0.3, -0.25) is 14.4 Å². The molecule has 170 valence electrons. The Kier molecular flexibility index (Phi) is 7.39. The second-order valence-electron chi connectivity index (χ2n) is 7.90. The summed E-state index contributed by atoms with van der Waals surface area (Å²) in [6.45, 7) is 6.08. The van der Waals surface area contributed by atoms with Gasteiger partial charge in [0.25, 0.3) is 15.9 Å². The van der Waals surface area contributed by atoms with Gasteiger partial charge in [0.2, 0.25) is 0 Å². The maximum absolute atomic E-state index is 13.1. The van der Waals surface area contributed by atoms with Gasteiger partial charge in [-0.05, 0) is 48.4 Å². The molecule has 1 atom stereocenters. The van der Waals surface area contributed by atoms with E-state index in [4.69, 9.17) is 11.6 Å². The molecule has 7 nitrogen and oxygen atoms in total. The van der Waals surface area contributed by atoms with E-state index in [9.17, 15) is 22.9 Å². The van der Waals surface area contributed by atoms with Gasteiger partial charge in [-0.15, -0.1) is 0 Å². The van der Waals surface area contributed by atoms with Gasteiger partial charge in [0.1, 0.15) is 11.9 Å². The van der Waals surface area contributed by atoms with Gasteiger partial charge in [0.15, 0.2) is 0 Å². The lowest BCUT2D eigenvalue weighted by molar-refractivity contribution is 0.0577. The smallest absolute Gasteiger partial charge is 0.261 e. The molecule has 0 spiro atoms. The van der Waals surface area contributed by atoms with Crippen LogP contribution in [0.4, 0.5) is 10.1 Å². The number of hydrogen-bond donors (Lipinski definition) is 1. The summed E-state index contributed by atoms with van der Waals surface area (Å²) in [5.41, 5.74) is 0.352. The van der Waals surface area contributed by atoms with Crippen molar-refractivity contribution in [2.45, 2.75) is 24.8 Å². The van der Waals surface area contributed by atoms with Crippen LogP contribution in [0.15, 0.2) is 47.4 Å². The Morgan fingerprint density at radius 1 is 1.12 bits per heavy atom. The maximum Gasteiger partial charge on any atom is 0.261 e. The van der Waals surface area contributed by atoms with E-state index < -0.39 is 15.8 Å². The van der Waals surface area contributed by atoms with Gasteiger partial charge >= 0.3 is 0 Å². The average molecular weight is 479 g/mol. The SMILES string of the molecule is CC(C)C(C#N)N1CCN(C(=O)c2ccc(Cl)c(NS(=O)(=O)c3ccc(F)cc3)c2)CC1. The number of carbonyl (C=O) groups excluding carboxylic acids is 1. The maximum atomic E-state index is 13.1.